The molecule has 0 saturated heterocycles. The molecule has 1 aromatic heterocycles. The van der Waals surface area contributed by atoms with Gasteiger partial charge in [-0.15, -0.1) is 5.10 Å². The third kappa shape index (κ3) is 4.08. The molecule has 0 aliphatic carbocycles. The number of carbonyl (C=O) groups is 1. The van der Waals surface area contributed by atoms with E-state index in [1.165, 1.54) is 12.1 Å². The predicted molar refractivity (Wildman–Crippen MR) is 103 cm³/mol. The van der Waals surface area contributed by atoms with Crippen molar-refractivity contribution in [3.8, 4) is 5.75 Å². The van der Waals surface area contributed by atoms with Crippen molar-refractivity contribution in [2.24, 2.45) is 0 Å². The van der Waals surface area contributed by atoms with Crippen molar-refractivity contribution < 1.29 is 18.7 Å². The van der Waals surface area contributed by atoms with Crippen LogP contribution in [0, 0.1) is 5.82 Å². The molecule has 7 nitrogen and oxygen atoms in total. The maximum absolute atomic E-state index is 13.2. The van der Waals surface area contributed by atoms with Gasteiger partial charge >= 0.3 is 0 Å². The summed E-state index contributed by atoms with van der Waals surface area (Å²) >= 11 is 5.77. The summed E-state index contributed by atoms with van der Waals surface area (Å²) in [5, 5.41) is 10.9. The van der Waals surface area contributed by atoms with Gasteiger partial charge < -0.3 is 14.8 Å². The number of carbonyl (C=O) groups excluding carboxylic acids is 1. The quantitative estimate of drug-likeness (QED) is 0.690. The lowest BCUT2D eigenvalue weighted by Crippen LogP contribution is -2.27. The monoisotopic (exact) mass is 416 g/mol. The first-order valence-electron chi connectivity index (χ1n) is 8.95. The summed E-state index contributed by atoms with van der Waals surface area (Å²) in [7, 11) is 1.62. The number of hydrogen-bond acceptors (Lipinski definition) is 5. The SMILES string of the molecule is COc1ccc(C2Cn3nnc(C(=O)NCc4ccc(F)c(Cl)c4)c3CO2)cc1. The van der Waals surface area contributed by atoms with Crippen LogP contribution in [0.5, 0.6) is 5.75 Å². The number of benzene rings is 2. The average molecular weight is 417 g/mol. The van der Waals surface area contributed by atoms with Gasteiger partial charge in [-0.2, -0.15) is 0 Å². The van der Waals surface area contributed by atoms with Gasteiger partial charge in [0.15, 0.2) is 5.69 Å². The molecule has 1 atom stereocenters. The maximum atomic E-state index is 13.2. The van der Waals surface area contributed by atoms with Gasteiger partial charge in [-0.1, -0.05) is 35.0 Å². The third-order valence-corrected chi connectivity index (χ3v) is 5.03. The van der Waals surface area contributed by atoms with Crippen LogP contribution in [0.4, 0.5) is 4.39 Å². The van der Waals surface area contributed by atoms with Crippen molar-refractivity contribution in [2.75, 3.05) is 7.11 Å². The molecule has 2 aromatic carbocycles. The number of nitrogens with zero attached hydrogens (tertiary/aromatic N) is 3. The number of hydrogen-bond donors (Lipinski definition) is 1. The van der Waals surface area contributed by atoms with Crippen LogP contribution in [0.2, 0.25) is 5.02 Å². The number of ether oxygens (including phenoxy) is 2. The van der Waals surface area contributed by atoms with Crippen molar-refractivity contribution in [3.05, 3.63) is 75.8 Å². The normalized spacial score (nSPS) is 15.6. The van der Waals surface area contributed by atoms with Crippen LogP contribution >= 0.6 is 11.6 Å². The van der Waals surface area contributed by atoms with Crippen LogP contribution < -0.4 is 10.1 Å². The molecule has 1 unspecified atom stereocenters. The number of fused-ring (bicyclic) bond motifs is 1. The van der Waals surface area contributed by atoms with Crippen LogP contribution in [0.15, 0.2) is 42.5 Å². The summed E-state index contributed by atoms with van der Waals surface area (Å²) in [6, 6.07) is 11.9. The number of amides is 1. The molecule has 0 spiro atoms. The number of rotatable bonds is 5. The summed E-state index contributed by atoms with van der Waals surface area (Å²) < 4.78 is 26.0. The molecular formula is C20H18ClFN4O3. The van der Waals surface area contributed by atoms with E-state index in [0.29, 0.717) is 17.8 Å². The molecule has 1 amide bonds. The molecule has 29 heavy (non-hydrogen) atoms. The van der Waals surface area contributed by atoms with Gasteiger partial charge in [0.2, 0.25) is 0 Å². The second kappa shape index (κ2) is 8.18. The molecule has 1 N–H and O–H groups in total. The first-order chi connectivity index (χ1) is 14.0. The van der Waals surface area contributed by atoms with Crippen molar-refractivity contribution in [1.29, 1.82) is 0 Å². The van der Waals surface area contributed by atoms with Crippen molar-refractivity contribution in [2.45, 2.75) is 25.8 Å². The minimum absolute atomic E-state index is 0.00996. The first-order valence-corrected chi connectivity index (χ1v) is 9.33. The minimum Gasteiger partial charge on any atom is -0.497 e. The molecule has 0 fully saturated rings. The Hall–Kier alpha value is -2.97. The van der Waals surface area contributed by atoms with E-state index in [0.717, 1.165) is 11.3 Å². The predicted octanol–water partition coefficient (Wildman–Crippen LogP) is 3.28. The molecule has 1 aliphatic rings. The Labute approximate surface area is 171 Å². The molecule has 3 aromatic rings. The van der Waals surface area contributed by atoms with Crippen molar-refractivity contribution in [1.82, 2.24) is 20.3 Å². The highest BCUT2D eigenvalue weighted by atomic mass is 35.5. The van der Waals surface area contributed by atoms with E-state index in [1.807, 2.05) is 24.3 Å². The number of nitrogens with one attached hydrogen (secondary N) is 1. The maximum Gasteiger partial charge on any atom is 0.274 e. The summed E-state index contributed by atoms with van der Waals surface area (Å²) in [5.74, 6) is -0.108. The fourth-order valence-electron chi connectivity index (χ4n) is 3.12. The van der Waals surface area contributed by atoms with Gasteiger partial charge in [-0.05, 0) is 35.4 Å². The number of methoxy groups -OCH3 is 1. The second-order valence-electron chi connectivity index (χ2n) is 6.57. The zero-order valence-electron chi connectivity index (χ0n) is 15.6. The topological polar surface area (TPSA) is 78.3 Å². The molecule has 150 valence electrons. The Morgan fingerprint density at radius 2 is 2.14 bits per heavy atom. The van der Waals surface area contributed by atoms with E-state index in [9.17, 15) is 9.18 Å². The molecular weight excluding hydrogens is 399 g/mol. The van der Waals surface area contributed by atoms with E-state index >= 15 is 0 Å². The fraction of sp³-hybridized carbons (Fsp3) is 0.250. The van der Waals surface area contributed by atoms with E-state index in [4.69, 9.17) is 21.1 Å². The van der Waals surface area contributed by atoms with E-state index in [-0.39, 0.29) is 35.9 Å². The lowest BCUT2D eigenvalue weighted by atomic mass is 10.1. The van der Waals surface area contributed by atoms with Gasteiger partial charge in [-0.25, -0.2) is 9.07 Å². The van der Waals surface area contributed by atoms with Crippen molar-refractivity contribution in [3.63, 3.8) is 0 Å². The Balaban J connectivity index is 1.43. The van der Waals surface area contributed by atoms with Gasteiger partial charge in [0.25, 0.3) is 5.91 Å². The first kappa shape index (κ1) is 19.4. The molecule has 1 aliphatic heterocycles. The molecule has 0 radical (unpaired) electrons. The smallest absolute Gasteiger partial charge is 0.274 e. The van der Waals surface area contributed by atoms with Crippen LogP contribution in [0.25, 0.3) is 0 Å². The molecule has 0 saturated carbocycles. The average Bonchev–Trinajstić information content (AvgIpc) is 3.18. The highest BCUT2D eigenvalue weighted by Gasteiger charge is 2.27. The second-order valence-corrected chi connectivity index (χ2v) is 6.98. The molecule has 9 heteroatoms. The summed E-state index contributed by atoms with van der Waals surface area (Å²) in [6.45, 7) is 0.866. The van der Waals surface area contributed by atoms with Crippen LogP contribution in [0.1, 0.15) is 33.4 Å². The zero-order valence-corrected chi connectivity index (χ0v) is 16.3. The molecule has 2 heterocycles. The minimum atomic E-state index is -0.502. The zero-order chi connectivity index (χ0) is 20.4. The van der Waals surface area contributed by atoms with Crippen LogP contribution in [0.3, 0.4) is 0 Å². The Morgan fingerprint density at radius 1 is 1.34 bits per heavy atom. The lowest BCUT2D eigenvalue weighted by molar-refractivity contribution is -0.00179. The third-order valence-electron chi connectivity index (χ3n) is 4.74. The van der Waals surface area contributed by atoms with Crippen molar-refractivity contribution >= 4 is 17.5 Å². The van der Waals surface area contributed by atoms with E-state index in [1.54, 1.807) is 17.9 Å². The summed E-state index contributed by atoms with van der Waals surface area (Å²) in [4.78, 5) is 12.5. The highest BCUT2D eigenvalue weighted by Crippen LogP contribution is 2.28. The van der Waals surface area contributed by atoms with Gasteiger partial charge in [0.05, 0.1) is 31.0 Å². The standard InChI is InChI=1S/C20H18ClFN4O3/c1-28-14-5-3-13(4-6-14)18-10-26-17(11-29-18)19(24-25-26)20(27)23-9-12-2-7-16(22)15(21)8-12/h2-8,18H,9-11H2,1H3,(H,23,27). The Morgan fingerprint density at radius 3 is 2.86 bits per heavy atom. The van der Waals surface area contributed by atoms with Crippen LogP contribution in [-0.2, 0) is 24.4 Å². The fourth-order valence-corrected chi connectivity index (χ4v) is 3.33. The largest absolute Gasteiger partial charge is 0.497 e. The lowest BCUT2D eigenvalue weighted by Gasteiger charge is -2.24. The highest BCUT2D eigenvalue weighted by molar-refractivity contribution is 6.30. The summed E-state index contributed by atoms with van der Waals surface area (Å²) in [6.07, 6.45) is -0.188. The Bertz CT molecular complexity index is 1040. The summed E-state index contributed by atoms with van der Waals surface area (Å²) in [5.41, 5.74) is 2.50. The van der Waals surface area contributed by atoms with Gasteiger partial charge in [0.1, 0.15) is 17.7 Å². The van der Waals surface area contributed by atoms with Gasteiger partial charge in [-0.3, -0.25) is 4.79 Å². The molecule has 4 rings (SSSR count). The van der Waals surface area contributed by atoms with E-state index < -0.39 is 5.82 Å². The number of aromatic nitrogens is 3. The molecule has 0 bridgehead atoms. The van der Waals surface area contributed by atoms with E-state index in [2.05, 4.69) is 15.6 Å². The van der Waals surface area contributed by atoms with Gasteiger partial charge in [0, 0.05) is 6.54 Å². The number of halogens is 2. The Kier molecular flexibility index (Phi) is 5.46. The van der Waals surface area contributed by atoms with Crippen LogP contribution in [-0.4, -0.2) is 28.0 Å².